The lowest BCUT2D eigenvalue weighted by Crippen LogP contribution is -2.11. The van der Waals surface area contributed by atoms with Gasteiger partial charge in [0, 0.05) is 33.8 Å². The molecule has 2 nitrogen and oxygen atoms in total. The van der Waals surface area contributed by atoms with Crippen LogP contribution in [0.15, 0.2) is 253 Å². The minimum Gasteiger partial charge on any atom is -0.456 e. The smallest absolute Gasteiger partial charge is 0.137 e. The first-order valence-electron chi connectivity index (χ1n) is 21.2. The van der Waals surface area contributed by atoms with Gasteiger partial charge in [-0.05, 0) is 97.6 Å². The number of anilines is 3. The number of rotatable bonds is 9. The fourth-order valence-corrected chi connectivity index (χ4v) is 8.86. The van der Waals surface area contributed by atoms with E-state index in [2.05, 4.69) is 241 Å². The number of fused-ring (bicyclic) bond motifs is 3. The molecule has 0 radical (unpaired) electrons. The summed E-state index contributed by atoms with van der Waals surface area (Å²) in [5.74, 6) is 0. The highest BCUT2D eigenvalue weighted by atomic mass is 16.3. The van der Waals surface area contributed by atoms with E-state index in [1.807, 2.05) is 12.1 Å². The number of nitrogens with zero attached hydrogens (tertiary/aromatic N) is 1. The van der Waals surface area contributed by atoms with Crippen LogP contribution in [0.2, 0.25) is 0 Å². The van der Waals surface area contributed by atoms with Gasteiger partial charge in [0.25, 0.3) is 0 Å². The lowest BCUT2D eigenvalue weighted by Gasteiger charge is -2.28. The van der Waals surface area contributed by atoms with Crippen LogP contribution in [0.3, 0.4) is 0 Å². The fourth-order valence-electron chi connectivity index (χ4n) is 8.86. The van der Waals surface area contributed by atoms with Crippen molar-refractivity contribution in [3.8, 4) is 66.8 Å². The molecule has 0 aliphatic carbocycles. The molecule has 1 aromatic heterocycles. The molecular formula is C60H41NO. The molecule has 2 heteroatoms. The van der Waals surface area contributed by atoms with E-state index in [1.165, 1.54) is 50.1 Å². The second kappa shape index (κ2) is 16.1. The monoisotopic (exact) mass is 791 g/mol. The van der Waals surface area contributed by atoms with Gasteiger partial charge in [0.1, 0.15) is 11.2 Å². The predicted molar refractivity (Wildman–Crippen MR) is 261 cm³/mol. The van der Waals surface area contributed by atoms with Gasteiger partial charge in [-0.2, -0.15) is 0 Å². The Kier molecular flexibility index (Phi) is 9.57. The van der Waals surface area contributed by atoms with Crippen molar-refractivity contribution in [2.24, 2.45) is 0 Å². The Hall–Kier alpha value is -8.20. The van der Waals surface area contributed by atoms with Crippen LogP contribution in [0.1, 0.15) is 0 Å². The Bertz CT molecular complexity index is 3310. The Morgan fingerprint density at radius 1 is 0.242 bits per heavy atom. The zero-order valence-electron chi connectivity index (χ0n) is 34.0. The normalized spacial score (nSPS) is 11.2. The summed E-state index contributed by atoms with van der Waals surface area (Å²) >= 11 is 0. The summed E-state index contributed by atoms with van der Waals surface area (Å²) in [6.45, 7) is 0. The van der Waals surface area contributed by atoms with Gasteiger partial charge in [-0.3, -0.25) is 0 Å². The molecule has 62 heavy (non-hydrogen) atoms. The van der Waals surface area contributed by atoms with Gasteiger partial charge in [0.15, 0.2) is 0 Å². The Morgan fingerprint density at radius 3 is 1.23 bits per heavy atom. The first kappa shape index (κ1) is 36.8. The molecule has 292 valence electrons. The van der Waals surface area contributed by atoms with Gasteiger partial charge in [-0.1, -0.05) is 206 Å². The summed E-state index contributed by atoms with van der Waals surface area (Å²) in [6.07, 6.45) is 0. The first-order valence-corrected chi connectivity index (χ1v) is 21.2. The summed E-state index contributed by atoms with van der Waals surface area (Å²) in [5, 5.41) is 2.22. The zero-order valence-corrected chi connectivity index (χ0v) is 34.0. The van der Waals surface area contributed by atoms with Crippen molar-refractivity contribution in [3.63, 3.8) is 0 Å². The number of hydrogen-bond donors (Lipinski definition) is 0. The summed E-state index contributed by atoms with van der Waals surface area (Å²) in [6, 6.07) is 89.0. The van der Waals surface area contributed by atoms with Gasteiger partial charge in [0.2, 0.25) is 0 Å². The van der Waals surface area contributed by atoms with Crippen LogP contribution >= 0.6 is 0 Å². The summed E-state index contributed by atoms with van der Waals surface area (Å²) in [4.78, 5) is 2.37. The van der Waals surface area contributed by atoms with Crippen molar-refractivity contribution >= 4 is 39.0 Å². The molecule has 11 aromatic rings. The molecular weight excluding hydrogens is 751 g/mol. The maximum Gasteiger partial charge on any atom is 0.137 e. The average Bonchev–Trinajstić information content (AvgIpc) is 3.73. The lowest BCUT2D eigenvalue weighted by atomic mass is 9.88. The zero-order chi connectivity index (χ0) is 41.2. The first-order chi connectivity index (χ1) is 30.7. The van der Waals surface area contributed by atoms with Crippen molar-refractivity contribution in [1.82, 2.24) is 0 Å². The summed E-state index contributed by atoms with van der Waals surface area (Å²) in [7, 11) is 0. The molecule has 0 fully saturated rings. The Balaban J connectivity index is 1.03. The molecule has 0 aliphatic rings. The van der Waals surface area contributed by atoms with E-state index in [-0.39, 0.29) is 0 Å². The third kappa shape index (κ3) is 6.94. The minimum absolute atomic E-state index is 0.855. The fraction of sp³-hybridized carbons (Fsp3) is 0. The van der Waals surface area contributed by atoms with Crippen LogP contribution in [0, 0.1) is 0 Å². The maximum absolute atomic E-state index is 6.49. The number of hydrogen-bond acceptors (Lipinski definition) is 2. The molecule has 0 atom stereocenters. The highest BCUT2D eigenvalue weighted by Gasteiger charge is 2.21. The Labute approximate surface area is 362 Å². The van der Waals surface area contributed by atoms with Crippen LogP contribution in [0.25, 0.3) is 88.7 Å². The van der Waals surface area contributed by atoms with Crippen molar-refractivity contribution in [2.45, 2.75) is 0 Å². The highest BCUT2D eigenvalue weighted by Crippen LogP contribution is 2.46. The van der Waals surface area contributed by atoms with Gasteiger partial charge < -0.3 is 9.32 Å². The maximum atomic E-state index is 6.49. The van der Waals surface area contributed by atoms with E-state index in [4.69, 9.17) is 4.42 Å². The average molecular weight is 792 g/mol. The summed E-state index contributed by atoms with van der Waals surface area (Å²) in [5.41, 5.74) is 19.1. The SMILES string of the molecule is c1ccc(-c2ccc(-c3ccc(N(c4ccc5c(c4)oc4ccccc45)c4ccccc4-c4ccccc4-c4ccccc4-c4ccc(-c5ccccc5)cc4)cc3)cc2)cc1. The van der Waals surface area contributed by atoms with Crippen molar-refractivity contribution in [2.75, 3.05) is 4.90 Å². The second-order valence-electron chi connectivity index (χ2n) is 15.7. The lowest BCUT2D eigenvalue weighted by molar-refractivity contribution is 0.669. The molecule has 0 unspecified atom stereocenters. The molecule has 0 aliphatic heterocycles. The van der Waals surface area contributed by atoms with Crippen LogP contribution in [0.4, 0.5) is 17.1 Å². The summed E-state index contributed by atoms with van der Waals surface area (Å²) < 4.78 is 6.49. The number of furan rings is 1. The van der Waals surface area contributed by atoms with Gasteiger partial charge in [-0.15, -0.1) is 0 Å². The van der Waals surface area contributed by atoms with E-state index in [0.29, 0.717) is 0 Å². The Morgan fingerprint density at radius 2 is 0.629 bits per heavy atom. The largest absolute Gasteiger partial charge is 0.456 e. The molecule has 10 aromatic carbocycles. The molecule has 0 amide bonds. The molecule has 0 bridgehead atoms. The number of para-hydroxylation sites is 2. The third-order valence-electron chi connectivity index (χ3n) is 12.0. The van der Waals surface area contributed by atoms with Crippen molar-refractivity contribution in [3.05, 3.63) is 249 Å². The standard InChI is InChI=1S/C60H41NO/c1-3-15-42(16-4-1)44-27-29-46(30-28-44)47-35-37-49(38-36-47)61(50-39-40-57-56-24-12-14-26-59(56)62-60(57)41-50)58-25-13-11-23-55(58)54-22-10-9-21-53(54)52-20-8-7-19-51(52)48-33-31-45(32-34-48)43-17-5-2-6-18-43/h1-41H. The van der Waals surface area contributed by atoms with E-state index >= 15 is 0 Å². The predicted octanol–water partition coefficient (Wildman–Crippen LogP) is 17.1. The molecule has 0 spiro atoms. The third-order valence-corrected chi connectivity index (χ3v) is 12.0. The van der Waals surface area contributed by atoms with Gasteiger partial charge in [0.05, 0.1) is 5.69 Å². The van der Waals surface area contributed by atoms with Crippen molar-refractivity contribution < 1.29 is 4.42 Å². The van der Waals surface area contributed by atoms with E-state index in [9.17, 15) is 0 Å². The second-order valence-corrected chi connectivity index (χ2v) is 15.7. The minimum atomic E-state index is 0.855. The van der Waals surface area contributed by atoms with Crippen LogP contribution in [0.5, 0.6) is 0 Å². The van der Waals surface area contributed by atoms with E-state index in [0.717, 1.165) is 55.7 Å². The van der Waals surface area contributed by atoms with Gasteiger partial charge in [-0.25, -0.2) is 0 Å². The molecule has 11 rings (SSSR count). The van der Waals surface area contributed by atoms with Crippen LogP contribution < -0.4 is 4.90 Å². The molecule has 0 N–H and O–H groups in total. The van der Waals surface area contributed by atoms with E-state index in [1.54, 1.807) is 0 Å². The quantitative estimate of drug-likeness (QED) is 0.145. The molecule has 0 saturated heterocycles. The van der Waals surface area contributed by atoms with E-state index < -0.39 is 0 Å². The van der Waals surface area contributed by atoms with Gasteiger partial charge >= 0.3 is 0 Å². The highest BCUT2D eigenvalue weighted by molar-refractivity contribution is 6.06. The van der Waals surface area contributed by atoms with Crippen molar-refractivity contribution in [1.29, 1.82) is 0 Å². The van der Waals surface area contributed by atoms with Crippen LogP contribution in [-0.4, -0.2) is 0 Å². The molecule has 1 heterocycles. The number of benzene rings is 10. The van der Waals surface area contributed by atoms with Crippen LogP contribution in [-0.2, 0) is 0 Å². The molecule has 0 saturated carbocycles. The topological polar surface area (TPSA) is 16.4 Å².